The summed E-state index contributed by atoms with van der Waals surface area (Å²) in [7, 11) is 0. The van der Waals surface area contributed by atoms with Crippen LogP contribution < -0.4 is 11.3 Å². The Bertz CT molecular complexity index is 894. The molecule has 6 N–H and O–H groups in total. The Morgan fingerprint density at radius 2 is 2.29 bits per heavy atom. The molecule has 5 atom stereocenters. The van der Waals surface area contributed by atoms with E-state index in [-0.39, 0.29) is 17.1 Å². The number of aliphatic hydroxyl groups excluding tert-OH is 2. The molecule has 10 nitrogen and oxygen atoms in total. The molecule has 3 rings (SSSR count). The maximum absolute atomic E-state index is 11.9. The van der Waals surface area contributed by atoms with Crippen molar-refractivity contribution in [2.24, 2.45) is 0 Å². The predicted molar refractivity (Wildman–Crippen MR) is 82.6 cm³/mol. The van der Waals surface area contributed by atoms with Gasteiger partial charge in [-0.05, 0) is 13.8 Å². The van der Waals surface area contributed by atoms with Crippen LogP contribution >= 0.6 is 0 Å². The van der Waals surface area contributed by atoms with E-state index in [9.17, 15) is 20.1 Å². The van der Waals surface area contributed by atoms with Crippen LogP contribution in [0.3, 0.4) is 0 Å². The number of nitrogens with two attached hydrogens (primary N) is 1. The number of imidazole rings is 1. The minimum Gasteiger partial charge on any atom is -0.391 e. The third kappa shape index (κ3) is 2.26. The molecule has 1 saturated heterocycles. The van der Waals surface area contributed by atoms with E-state index in [4.69, 9.17) is 10.5 Å². The normalized spacial score (nSPS) is 31.0. The Morgan fingerprint density at radius 1 is 1.58 bits per heavy atom. The number of aromatic nitrogens is 4. The third-order valence-electron chi connectivity index (χ3n) is 3.93. The molecule has 0 spiro atoms. The minimum absolute atomic E-state index is 0.00501. The first-order chi connectivity index (χ1) is 11.3. The zero-order chi connectivity index (χ0) is 17.6. The van der Waals surface area contributed by atoms with Crippen molar-refractivity contribution in [2.75, 3.05) is 5.73 Å². The van der Waals surface area contributed by atoms with Gasteiger partial charge in [-0.25, -0.2) is 4.98 Å². The van der Waals surface area contributed by atoms with Gasteiger partial charge in [0, 0.05) is 0 Å². The number of hydrogen-bond donors (Lipinski definition) is 5. The molecule has 0 aromatic carbocycles. The highest BCUT2D eigenvalue weighted by Gasteiger charge is 2.57. The van der Waals surface area contributed by atoms with Gasteiger partial charge < -0.3 is 25.8 Å². The van der Waals surface area contributed by atoms with Crippen LogP contribution in [0.15, 0.2) is 11.1 Å². The maximum Gasteiger partial charge on any atom is 0.280 e. The Labute approximate surface area is 135 Å². The Hall–Kier alpha value is -2.45. The highest BCUT2D eigenvalue weighted by molar-refractivity contribution is 5.70. The summed E-state index contributed by atoms with van der Waals surface area (Å²) < 4.78 is 6.87. The van der Waals surface area contributed by atoms with Crippen molar-refractivity contribution in [3.8, 4) is 11.8 Å². The minimum atomic E-state index is -2.02. The van der Waals surface area contributed by atoms with Gasteiger partial charge in [-0.15, -0.1) is 5.92 Å². The first kappa shape index (κ1) is 16.4. The molecule has 2 aromatic heterocycles. The molecule has 24 heavy (non-hydrogen) atoms. The van der Waals surface area contributed by atoms with Crippen molar-refractivity contribution in [3.05, 3.63) is 16.7 Å². The van der Waals surface area contributed by atoms with Gasteiger partial charge in [-0.2, -0.15) is 4.98 Å². The highest BCUT2D eigenvalue weighted by Crippen LogP contribution is 2.40. The smallest absolute Gasteiger partial charge is 0.280 e. The second-order valence-electron chi connectivity index (χ2n) is 5.61. The monoisotopic (exact) mass is 335 g/mol. The summed E-state index contributed by atoms with van der Waals surface area (Å²) >= 11 is 0. The molecule has 0 radical (unpaired) electrons. The van der Waals surface area contributed by atoms with E-state index in [0.717, 1.165) is 0 Å². The average molecular weight is 335 g/mol. The van der Waals surface area contributed by atoms with Crippen LogP contribution in [0.4, 0.5) is 5.95 Å². The van der Waals surface area contributed by atoms with Gasteiger partial charge in [0.05, 0.1) is 12.4 Å². The van der Waals surface area contributed by atoms with E-state index < -0.39 is 35.7 Å². The number of nitrogens with one attached hydrogen (secondary N) is 1. The number of hydrogen-bond acceptors (Lipinski definition) is 8. The molecule has 0 aliphatic carbocycles. The van der Waals surface area contributed by atoms with Gasteiger partial charge in [0.2, 0.25) is 5.95 Å². The lowest BCUT2D eigenvalue weighted by atomic mass is 9.93. The van der Waals surface area contributed by atoms with Crippen LogP contribution in [-0.2, 0) is 4.74 Å². The molecular weight excluding hydrogens is 318 g/mol. The summed E-state index contributed by atoms with van der Waals surface area (Å²) in [5, 5.41) is 31.0. The number of nitrogens with zero attached hydrogens (tertiary/aromatic N) is 3. The highest BCUT2D eigenvalue weighted by atomic mass is 16.6. The number of aromatic amines is 1. The van der Waals surface area contributed by atoms with Crippen molar-refractivity contribution in [2.45, 2.75) is 44.0 Å². The number of nitrogen functional groups attached to an aromatic ring is 1. The van der Waals surface area contributed by atoms with Gasteiger partial charge in [0.1, 0.15) is 12.2 Å². The summed E-state index contributed by atoms with van der Waals surface area (Å²) in [6.07, 6.45) is -3.63. The number of ether oxygens (including phenoxy) is 1. The molecular formula is C14H17N5O5. The second-order valence-corrected chi connectivity index (χ2v) is 5.61. The molecule has 2 aromatic rings. The second kappa shape index (κ2) is 5.57. The number of H-pyrrole nitrogens is 1. The number of aliphatic hydroxyl groups is 3. The average Bonchev–Trinajstić information content (AvgIpc) is 3.00. The Morgan fingerprint density at radius 3 is 2.92 bits per heavy atom. The van der Waals surface area contributed by atoms with Crippen LogP contribution in [0, 0.1) is 11.8 Å². The summed E-state index contributed by atoms with van der Waals surface area (Å²) in [6, 6.07) is 0. The molecule has 3 heterocycles. The predicted octanol–water partition coefficient (Wildman–Crippen LogP) is -1.90. The zero-order valence-electron chi connectivity index (χ0n) is 13.0. The largest absolute Gasteiger partial charge is 0.391 e. The van der Waals surface area contributed by atoms with Crippen molar-refractivity contribution in [1.29, 1.82) is 0 Å². The fraction of sp³-hybridized carbons (Fsp3) is 0.500. The molecule has 1 unspecified atom stereocenters. The van der Waals surface area contributed by atoms with Crippen molar-refractivity contribution < 1.29 is 20.1 Å². The quantitative estimate of drug-likeness (QED) is 0.398. The molecule has 1 aliphatic heterocycles. The lowest BCUT2D eigenvalue weighted by Crippen LogP contribution is -2.47. The van der Waals surface area contributed by atoms with E-state index in [2.05, 4.69) is 26.8 Å². The van der Waals surface area contributed by atoms with E-state index in [1.54, 1.807) is 0 Å². The van der Waals surface area contributed by atoms with Crippen LogP contribution in [0.2, 0.25) is 0 Å². The topological polar surface area (TPSA) is 160 Å². The molecule has 0 amide bonds. The summed E-state index contributed by atoms with van der Waals surface area (Å²) in [4.78, 5) is 22.1. The zero-order valence-corrected chi connectivity index (χ0v) is 13.0. The third-order valence-corrected chi connectivity index (χ3v) is 3.93. The van der Waals surface area contributed by atoms with Crippen LogP contribution in [0.25, 0.3) is 11.2 Å². The maximum atomic E-state index is 11.9. The number of fused-ring (bicyclic) bond motifs is 1. The summed E-state index contributed by atoms with van der Waals surface area (Å²) in [5.74, 6) is 4.91. The van der Waals surface area contributed by atoms with E-state index >= 15 is 0 Å². The van der Waals surface area contributed by atoms with Crippen LogP contribution in [0.5, 0.6) is 0 Å². The van der Waals surface area contributed by atoms with Gasteiger partial charge in [0.15, 0.2) is 23.0 Å². The molecule has 0 bridgehead atoms. The first-order valence-corrected chi connectivity index (χ1v) is 7.19. The standard InChI is InChI=1S/C14H17N5O5/c1-3-4-14(23)9(21)8(6(2)20)24-12(14)19-5-16-7-10(19)17-13(15)18-11(7)22/h5-6,8-9,12,20-21,23H,1-2H3,(H3,15,17,18,22)/t6-,8-,9+,12-,14?/m1/s1. The van der Waals surface area contributed by atoms with Crippen molar-refractivity contribution >= 4 is 17.1 Å². The SMILES string of the molecule is CC#CC1(O)[C@@H](O)[C@@H]([C@@H](C)O)O[C@H]1n1cnc2c(=O)[nH]c(N)nc21. The van der Waals surface area contributed by atoms with Gasteiger partial charge in [0.25, 0.3) is 5.56 Å². The van der Waals surface area contributed by atoms with Gasteiger partial charge >= 0.3 is 0 Å². The Kier molecular flexibility index (Phi) is 3.81. The summed E-state index contributed by atoms with van der Waals surface area (Å²) in [6.45, 7) is 2.91. The molecule has 0 saturated carbocycles. The van der Waals surface area contributed by atoms with E-state index in [1.807, 2.05) is 0 Å². The summed E-state index contributed by atoms with van der Waals surface area (Å²) in [5.41, 5.74) is 3.04. The van der Waals surface area contributed by atoms with Gasteiger partial charge in [-0.3, -0.25) is 14.3 Å². The molecule has 1 fully saturated rings. The van der Waals surface area contributed by atoms with Crippen LogP contribution in [-0.4, -0.2) is 58.8 Å². The lowest BCUT2D eigenvalue weighted by molar-refractivity contribution is -0.0847. The van der Waals surface area contributed by atoms with Crippen molar-refractivity contribution in [3.63, 3.8) is 0 Å². The Balaban J connectivity index is 2.20. The fourth-order valence-corrected chi connectivity index (χ4v) is 2.83. The van der Waals surface area contributed by atoms with Gasteiger partial charge in [-0.1, -0.05) is 5.92 Å². The fourth-order valence-electron chi connectivity index (χ4n) is 2.83. The lowest BCUT2D eigenvalue weighted by Gasteiger charge is -2.26. The van der Waals surface area contributed by atoms with Crippen molar-refractivity contribution in [1.82, 2.24) is 19.5 Å². The molecule has 128 valence electrons. The molecule has 10 heteroatoms. The number of anilines is 1. The first-order valence-electron chi connectivity index (χ1n) is 7.19. The number of rotatable bonds is 2. The van der Waals surface area contributed by atoms with E-state index in [1.165, 1.54) is 24.7 Å². The molecule has 1 aliphatic rings. The van der Waals surface area contributed by atoms with Crippen LogP contribution in [0.1, 0.15) is 20.1 Å². The van der Waals surface area contributed by atoms with E-state index in [0.29, 0.717) is 0 Å².